The lowest BCUT2D eigenvalue weighted by Crippen LogP contribution is -2.53. The summed E-state index contributed by atoms with van der Waals surface area (Å²) in [6.07, 6.45) is -0.886. The van der Waals surface area contributed by atoms with Crippen LogP contribution in [0.3, 0.4) is 0 Å². The van der Waals surface area contributed by atoms with Gasteiger partial charge in [0.1, 0.15) is 5.82 Å². The highest BCUT2D eigenvalue weighted by Gasteiger charge is 2.27. The van der Waals surface area contributed by atoms with Crippen LogP contribution >= 0.6 is 0 Å². The fourth-order valence-corrected chi connectivity index (χ4v) is 3.38. The first kappa shape index (κ1) is 17.0. The van der Waals surface area contributed by atoms with Crippen LogP contribution in [0.15, 0.2) is 18.2 Å². The Kier molecular flexibility index (Phi) is 5.20. The van der Waals surface area contributed by atoms with Crippen molar-refractivity contribution in [2.75, 3.05) is 50.8 Å². The summed E-state index contributed by atoms with van der Waals surface area (Å²) < 4.78 is 19.8. The third-order valence-electron chi connectivity index (χ3n) is 4.76. The van der Waals surface area contributed by atoms with Crippen LogP contribution in [-0.2, 0) is 11.3 Å². The van der Waals surface area contributed by atoms with E-state index in [1.54, 1.807) is 6.07 Å². The zero-order valence-corrected chi connectivity index (χ0v) is 13.9. The molecular formula is C17H24FN3O3. The highest BCUT2D eigenvalue weighted by Crippen LogP contribution is 2.22. The molecule has 2 saturated heterocycles. The van der Waals surface area contributed by atoms with Gasteiger partial charge in [0.2, 0.25) is 0 Å². The minimum Gasteiger partial charge on any atom is -0.465 e. The topological polar surface area (TPSA) is 56.2 Å². The van der Waals surface area contributed by atoms with Crippen molar-refractivity contribution in [1.29, 1.82) is 0 Å². The number of morpholine rings is 1. The molecule has 6 nitrogen and oxygen atoms in total. The highest BCUT2D eigenvalue weighted by molar-refractivity contribution is 5.65. The Morgan fingerprint density at radius 2 is 2.04 bits per heavy atom. The van der Waals surface area contributed by atoms with E-state index in [4.69, 9.17) is 9.84 Å². The monoisotopic (exact) mass is 337 g/mol. The molecule has 3 rings (SSSR count). The number of halogens is 1. The summed E-state index contributed by atoms with van der Waals surface area (Å²) in [7, 11) is 0. The predicted octanol–water partition coefficient (Wildman–Crippen LogP) is 1.85. The molecular weight excluding hydrogens is 313 g/mol. The van der Waals surface area contributed by atoms with Gasteiger partial charge < -0.3 is 19.6 Å². The number of benzene rings is 1. The maximum atomic E-state index is 14.5. The van der Waals surface area contributed by atoms with Crippen molar-refractivity contribution in [3.63, 3.8) is 0 Å². The Morgan fingerprint density at radius 1 is 1.29 bits per heavy atom. The van der Waals surface area contributed by atoms with Gasteiger partial charge >= 0.3 is 6.09 Å². The summed E-state index contributed by atoms with van der Waals surface area (Å²) in [6.45, 7) is 7.03. The van der Waals surface area contributed by atoms with Gasteiger partial charge in [-0.05, 0) is 19.1 Å². The lowest BCUT2D eigenvalue weighted by molar-refractivity contribution is 0.0706. The average Bonchev–Trinajstić information content (AvgIpc) is 2.57. The Hall–Kier alpha value is -1.86. The van der Waals surface area contributed by atoms with Gasteiger partial charge in [0, 0.05) is 56.6 Å². The van der Waals surface area contributed by atoms with E-state index in [0.717, 1.165) is 18.8 Å². The first-order valence-electron chi connectivity index (χ1n) is 8.37. The summed E-state index contributed by atoms with van der Waals surface area (Å²) in [5, 5.41) is 9.12. The second-order valence-electron chi connectivity index (χ2n) is 6.44. The van der Waals surface area contributed by atoms with Crippen LogP contribution in [0.2, 0.25) is 0 Å². The number of anilines is 1. The van der Waals surface area contributed by atoms with Crippen LogP contribution in [0.25, 0.3) is 0 Å². The first-order chi connectivity index (χ1) is 11.5. The first-order valence-corrected chi connectivity index (χ1v) is 8.37. The standard InChI is InChI=1S/C17H24FN3O3/c1-13-11-19(4-5-21(13)17(22)23)12-14-2-3-15(10-16(14)18)20-6-8-24-9-7-20/h2-3,10,13H,4-9,11-12H2,1H3,(H,22,23)/t13-/m0/s1. The normalized spacial score (nSPS) is 22.7. The fraction of sp³-hybridized carbons (Fsp3) is 0.588. The summed E-state index contributed by atoms with van der Waals surface area (Å²) in [5.41, 5.74) is 1.55. The SMILES string of the molecule is C[C@H]1CN(Cc2ccc(N3CCOCC3)cc2F)CCN1C(=O)O. The predicted molar refractivity (Wildman–Crippen MR) is 88.9 cm³/mol. The van der Waals surface area contributed by atoms with E-state index in [1.807, 2.05) is 19.1 Å². The van der Waals surface area contributed by atoms with Crippen LogP contribution in [0.1, 0.15) is 12.5 Å². The molecule has 1 N–H and O–H groups in total. The van der Waals surface area contributed by atoms with Gasteiger partial charge in [-0.3, -0.25) is 4.90 Å². The molecule has 1 atom stereocenters. The molecule has 0 radical (unpaired) electrons. The third kappa shape index (κ3) is 3.79. The largest absolute Gasteiger partial charge is 0.465 e. The maximum Gasteiger partial charge on any atom is 0.407 e. The van der Waals surface area contributed by atoms with E-state index in [2.05, 4.69) is 9.80 Å². The van der Waals surface area contributed by atoms with Crippen molar-refractivity contribution in [2.45, 2.75) is 19.5 Å². The van der Waals surface area contributed by atoms with Gasteiger partial charge in [-0.1, -0.05) is 6.07 Å². The van der Waals surface area contributed by atoms with Crippen molar-refractivity contribution in [3.8, 4) is 0 Å². The van der Waals surface area contributed by atoms with E-state index in [9.17, 15) is 9.18 Å². The Balaban J connectivity index is 1.62. The molecule has 0 saturated carbocycles. The molecule has 2 heterocycles. The molecule has 1 aromatic carbocycles. The zero-order valence-electron chi connectivity index (χ0n) is 13.9. The van der Waals surface area contributed by atoms with E-state index >= 15 is 0 Å². The third-order valence-corrected chi connectivity index (χ3v) is 4.76. The van der Waals surface area contributed by atoms with E-state index < -0.39 is 6.09 Å². The van der Waals surface area contributed by atoms with Gasteiger partial charge in [0.05, 0.1) is 13.2 Å². The number of amides is 1. The number of nitrogens with zero attached hydrogens (tertiary/aromatic N) is 3. The van der Waals surface area contributed by atoms with Crippen molar-refractivity contribution in [3.05, 3.63) is 29.6 Å². The summed E-state index contributed by atoms with van der Waals surface area (Å²) in [4.78, 5) is 16.8. The molecule has 0 bridgehead atoms. The summed E-state index contributed by atoms with van der Waals surface area (Å²) in [5.74, 6) is -0.202. The lowest BCUT2D eigenvalue weighted by atomic mass is 10.1. The van der Waals surface area contributed by atoms with Gasteiger partial charge in [-0.25, -0.2) is 9.18 Å². The number of ether oxygens (including phenoxy) is 1. The number of rotatable bonds is 3. The van der Waals surface area contributed by atoms with Crippen LogP contribution in [0.5, 0.6) is 0 Å². The minimum absolute atomic E-state index is 0.0769. The number of piperazine rings is 1. The van der Waals surface area contributed by atoms with Crippen LogP contribution in [0, 0.1) is 5.82 Å². The Bertz CT molecular complexity index is 592. The van der Waals surface area contributed by atoms with Gasteiger partial charge in [0.15, 0.2) is 0 Å². The number of hydrogen-bond donors (Lipinski definition) is 1. The zero-order chi connectivity index (χ0) is 17.1. The second-order valence-corrected chi connectivity index (χ2v) is 6.44. The molecule has 2 fully saturated rings. The van der Waals surface area contributed by atoms with Gasteiger partial charge in [-0.2, -0.15) is 0 Å². The molecule has 24 heavy (non-hydrogen) atoms. The molecule has 2 aliphatic rings. The molecule has 0 aliphatic carbocycles. The van der Waals surface area contributed by atoms with E-state index in [1.165, 1.54) is 4.90 Å². The molecule has 2 aliphatic heterocycles. The Morgan fingerprint density at radius 3 is 2.67 bits per heavy atom. The summed E-state index contributed by atoms with van der Waals surface area (Å²) >= 11 is 0. The molecule has 0 aromatic heterocycles. The Labute approximate surface area is 141 Å². The molecule has 7 heteroatoms. The quantitative estimate of drug-likeness (QED) is 0.912. The van der Waals surface area contributed by atoms with Crippen LogP contribution < -0.4 is 4.90 Å². The fourth-order valence-electron chi connectivity index (χ4n) is 3.38. The van der Waals surface area contributed by atoms with Crippen LogP contribution in [-0.4, -0.2) is 73.0 Å². The molecule has 0 spiro atoms. The van der Waals surface area contributed by atoms with E-state index in [0.29, 0.717) is 45.0 Å². The summed E-state index contributed by atoms with van der Waals surface area (Å²) in [6, 6.07) is 5.32. The molecule has 1 amide bonds. The van der Waals surface area contributed by atoms with Crippen molar-refractivity contribution in [1.82, 2.24) is 9.80 Å². The van der Waals surface area contributed by atoms with Crippen molar-refractivity contribution in [2.24, 2.45) is 0 Å². The van der Waals surface area contributed by atoms with Crippen molar-refractivity contribution >= 4 is 11.8 Å². The molecule has 0 unspecified atom stereocenters. The number of carboxylic acid groups (broad SMARTS) is 1. The van der Waals surface area contributed by atoms with Crippen LogP contribution in [0.4, 0.5) is 14.9 Å². The van der Waals surface area contributed by atoms with Crippen molar-refractivity contribution < 1.29 is 19.0 Å². The smallest absolute Gasteiger partial charge is 0.407 e. The number of carbonyl (C=O) groups is 1. The lowest BCUT2D eigenvalue weighted by Gasteiger charge is -2.38. The second kappa shape index (κ2) is 7.36. The highest BCUT2D eigenvalue weighted by atomic mass is 19.1. The molecule has 1 aromatic rings. The van der Waals surface area contributed by atoms with Gasteiger partial charge in [0.25, 0.3) is 0 Å². The minimum atomic E-state index is -0.886. The maximum absolute atomic E-state index is 14.5. The van der Waals surface area contributed by atoms with E-state index in [-0.39, 0.29) is 11.9 Å². The molecule has 132 valence electrons. The average molecular weight is 337 g/mol. The van der Waals surface area contributed by atoms with Gasteiger partial charge in [-0.15, -0.1) is 0 Å². The number of hydrogen-bond acceptors (Lipinski definition) is 4.